The van der Waals surface area contributed by atoms with E-state index >= 15 is 0 Å². The molecule has 0 saturated carbocycles. The van der Waals surface area contributed by atoms with Gasteiger partial charge < -0.3 is 10.2 Å². The van der Waals surface area contributed by atoms with Gasteiger partial charge in [0.15, 0.2) is 0 Å². The van der Waals surface area contributed by atoms with Crippen LogP contribution in [0.2, 0.25) is 0 Å². The number of hydrogen-bond donors (Lipinski definition) is 1. The molecule has 0 unspecified atom stereocenters. The molecule has 1 heterocycles. The van der Waals surface area contributed by atoms with Crippen molar-refractivity contribution < 1.29 is 0 Å². The monoisotopic (exact) mass is 255 g/mol. The maximum absolute atomic E-state index is 8.89. The standard InChI is InChI=1S/C13H25N3S/c1-13(2,12-14)4-3-5-15-6-7-16-8-10-17-11-9-16/h15H,3-11H2,1-2H3. The Kier molecular flexibility index (Phi) is 6.94. The van der Waals surface area contributed by atoms with Crippen molar-refractivity contribution in [2.75, 3.05) is 44.2 Å². The van der Waals surface area contributed by atoms with Crippen LogP contribution in [-0.4, -0.2) is 49.1 Å². The first-order valence-electron chi connectivity index (χ1n) is 6.56. The first-order chi connectivity index (χ1) is 8.14. The zero-order chi connectivity index (χ0) is 12.6. The molecule has 3 nitrogen and oxygen atoms in total. The number of hydrogen-bond acceptors (Lipinski definition) is 4. The SMILES string of the molecule is CC(C)(C#N)CCCNCCN1CCSCC1. The number of nitrogens with one attached hydrogen (secondary N) is 1. The van der Waals surface area contributed by atoms with Gasteiger partial charge in [-0.05, 0) is 33.2 Å². The zero-order valence-corrected chi connectivity index (χ0v) is 12.0. The molecule has 0 aromatic heterocycles. The number of rotatable bonds is 7. The van der Waals surface area contributed by atoms with Crippen LogP contribution in [0.25, 0.3) is 0 Å². The van der Waals surface area contributed by atoms with Crippen molar-refractivity contribution in [2.24, 2.45) is 5.41 Å². The molecule has 1 rings (SSSR count). The third-order valence-electron chi connectivity index (χ3n) is 3.17. The molecular formula is C13H25N3S. The van der Waals surface area contributed by atoms with E-state index in [1.165, 1.54) is 31.1 Å². The molecule has 98 valence electrons. The van der Waals surface area contributed by atoms with E-state index in [0.717, 1.165) is 25.9 Å². The number of nitrogens with zero attached hydrogens (tertiary/aromatic N) is 2. The second-order valence-corrected chi connectivity index (χ2v) is 6.53. The van der Waals surface area contributed by atoms with Crippen LogP contribution in [0, 0.1) is 16.7 Å². The lowest BCUT2D eigenvalue weighted by Gasteiger charge is -2.26. The molecule has 0 amide bonds. The second-order valence-electron chi connectivity index (χ2n) is 5.30. The minimum atomic E-state index is -0.161. The molecule has 0 atom stereocenters. The number of nitriles is 1. The van der Waals surface area contributed by atoms with E-state index in [-0.39, 0.29) is 5.41 Å². The summed E-state index contributed by atoms with van der Waals surface area (Å²) < 4.78 is 0. The zero-order valence-electron chi connectivity index (χ0n) is 11.2. The Balaban J connectivity index is 1.92. The van der Waals surface area contributed by atoms with Crippen molar-refractivity contribution in [1.29, 1.82) is 5.26 Å². The Hall–Kier alpha value is -0.240. The minimum absolute atomic E-state index is 0.161. The molecule has 1 N–H and O–H groups in total. The fourth-order valence-corrected chi connectivity index (χ4v) is 2.88. The molecule has 0 aliphatic carbocycles. The molecule has 1 aliphatic heterocycles. The number of thioether (sulfide) groups is 1. The highest BCUT2D eigenvalue weighted by molar-refractivity contribution is 7.99. The van der Waals surface area contributed by atoms with Gasteiger partial charge in [0.25, 0.3) is 0 Å². The lowest BCUT2D eigenvalue weighted by Crippen LogP contribution is -2.38. The average Bonchev–Trinajstić information content (AvgIpc) is 2.35. The smallest absolute Gasteiger partial charge is 0.0683 e. The van der Waals surface area contributed by atoms with E-state index in [1.807, 2.05) is 13.8 Å². The van der Waals surface area contributed by atoms with Crippen LogP contribution in [0.1, 0.15) is 26.7 Å². The molecule has 17 heavy (non-hydrogen) atoms. The Morgan fingerprint density at radius 1 is 1.29 bits per heavy atom. The summed E-state index contributed by atoms with van der Waals surface area (Å²) in [5, 5.41) is 12.4. The van der Waals surface area contributed by atoms with E-state index in [2.05, 4.69) is 28.0 Å². The summed E-state index contributed by atoms with van der Waals surface area (Å²) in [6.07, 6.45) is 2.08. The van der Waals surface area contributed by atoms with Crippen LogP contribution in [0.15, 0.2) is 0 Å². The van der Waals surface area contributed by atoms with Gasteiger partial charge >= 0.3 is 0 Å². The van der Waals surface area contributed by atoms with Gasteiger partial charge in [-0.2, -0.15) is 17.0 Å². The molecule has 1 saturated heterocycles. The molecule has 0 radical (unpaired) electrons. The van der Waals surface area contributed by atoms with Gasteiger partial charge in [0, 0.05) is 37.7 Å². The van der Waals surface area contributed by atoms with Crippen molar-refractivity contribution in [3.63, 3.8) is 0 Å². The molecule has 1 fully saturated rings. The Morgan fingerprint density at radius 2 is 2.00 bits per heavy atom. The Bertz CT molecular complexity index is 242. The van der Waals surface area contributed by atoms with Crippen molar-refractivity contribution in [3.8, 4) is 6.07 Å². The van der Waals surface area contributed by atoms with E-state index < -0.39 is 0 Å². The minimum Gasteiger partial charge on any atom is -0.315 e. The Morgan fingerprint density at radius 3 is 2.65 bits per heavy atom. The topological polar surface area (TPSA) is 39.1 Å². The average molecular weight is 255 g/mol. The van der Waals surface area contributed by atoms with Gasteiger partial charge in [-0.1, -0.05) is 0 Å². The van der Waals surface area contributed by atoms with Crippen molar-refractivity contribution in [1.82, 2.24) is 10.2 Å². The van der Waals surface area contributed by atoms with Gasteiger partial charge in [0.2, 0.25) is 0 Å². The summed E-state index contributed by atoms with van der Waals surface area (Å²) in [4.78, 5) is 2.53. The molecule has 0 spiro atoms. The van der Waals surface area contributed by atoms with E-state index in [1.54, 1.807) is 0 Å². The first kappa shape index (κ1) is 14.8. The highest BCUT2D eigenvalue weighted by atomic mass is 32.2. The van der Waals surface area contributed by atoms with Crippen molar-refractivity contribution in [2.45, 2.75) is 26.7 Å². The Labute approximate surface area is 110 Å². The third kappa shape index (κ3) is 6.92. The van der Waals surface area contributed by atoms with Crippen LogP contribution in [-0.2, 0) is 0 Å². The van der Waals surface area contributed by atoms with Crippen LogP contribution < -0.4 is 5.32 Å². The highest BCUT2D eigenvalue weighted by Crippen LogP contribution is 2.19. The summed E-state index contributed by atoms with van der Waals surface area (Å²) in [5.74, 6) is 2.58. The third-order valence-corrected chi connectivity index (χ3v) is 4.11. The highest BCUT2D eigenvalue weighted by Gasteiger charge is 2.15. The molecule has 0 aromatic rings. The van der Waals surface area contributed by atoms with Crippen molar-refractivity contribution in [3.05, 3.63) is 0 Å². The quantitative estimate of drug-likeness (QED) is 0.706. The van der Waals surface area contributed by atoms with Crippen LogP contribution in [0.4, 0.5) is 0 Å². The summed E-state index contributed by atoms with van der Waals surface area (Å²) in [7, 11) is 0. The van der Waals surface area contributed by atoms with Gasteiger partial charge in [-0.15, -0.1) is 0 Å². The predicted octanol–water partition coefficient (Wildman–Crippen LogP) is 1.95. The van der Waals surface area contributed by atoms with Gasteiger partial charge in [0.05, 0.1) is 11.5 Å². The molecule has 1 aliphatic rings. The van der Waals surface area contributed by atoms with E-state index in [0.29, 0.717) is 0 Å². The van der Waals surface area contributed by atoms with Crippen molar-refractivity contribution >= 4 is 11.8 Å². The summed E-state index contributed by atoms with van der Waals surface area (Å²) in [6, 6.07) is 2.35. The maximum Gasteiger partial charge on any atom is 0.0683 e. The fourth-order valence-electron chi connectivity index (χ4n) is 1.90. The lowest BCUT2D eigenvalue weighted by molar-refractivity contribution is 0.300. The fraction of sp³-hybridized carbons (Fsp3) is 0.923. The van der Waals surface area contributed by atoms with E-state index in [9.17, 15) is 0 Å². The molecule has 0 aromatic carbocycles. The van der Waals surface area contributed by atoms with E-state index in [4.69, 9.17) is 5.26 Å². The summed E-state index contributed by atoms with van der Waals surface area (Å²) in [6.45, 7) is 9.80. The summed E-state index contributed by atoms with van der Waals surface area (Å²) >= 11 is 2.06. The lowest BCUT2D eigenvalue weighted by atomic mass is 9.90. The first-order valence-corrected chi connectivity index (χ1v) is 7.72. The van der Waals surface area contributed by atoms with Crippen LogP contribution in [0.5, 0.6) is 0 Å². The second kappa shape index (κ2) is 7.97. The largest absolute Gasteiger partial charge is 0.315 e. The van der Waals surface area contributed by atoms with Gasteiger partial charge in [-0.3, -0.25) is 0 Å². The van der Waals surface area contributed by atoms with Gasteiger partial charge in [-0.25, -0.2) is 0 Å². The maximum atomic E-state index is 8.89. The molecule has 0 bridgehead atoms. The summed E-state index contributed by atoms with van der Waals surface area (Å²) in [5.41, 5.74) is -0.161. The normalized spacial score (nSPS) is 17.9. The molecular weight excluding hydrogens is 230 g/mol. The molecule has 4 heteroatoms. The van der Waals surface area contributed by atoms with Crippen LogP contribution >= 0.6 is 11.8 Å². The predicted molar refractivity (Wildman–Crippen MR) is 75.3 cm³/mol. The van der Waals surface area contributed by atoms with Gasteiger partial charge in [0.1, 0.15) is 0 Å². The van der Waals surface area contributed by atoms with Crippen LogP contribution in [0.3, 0.4) is 0 Å².